The third kappa shape index (κ3) is 3.64. The Labute approximate surface area is 120 Å². The molecule has 1 aromatic rings. The average Bonchev–Trinajstić information content (AvgIpc) is 2.75. The average molecular weight is 280 g/mol. The van der Waals surface area contributed by atoms with E-state index in [1.165, 1.54) is 0 Å². The Balaban J connectivity index is 2.04. The van der Waals surface area contributed by atoms with Gasteiger partial charge in [0.1, 0.15) is 18.1 Å². The highest BCUT2D eigenvalue weighted by atomic mass is 16.6. The predicted molar refractivity (Wildman–Crippen MR) is 77.3 cm³/mol. The SMILES string of the molecule is COc1ccc(C(C)O)c(OCC2CCC(C)(C)O2)c1. The molecule has 112 valence electrons. The molecule has 0 bridgehead atoms. The van der Waals surface area contributed by atoms with Crippen molar-refractivity contribution in [2.45, 2.75) is 51.4 Å². The van der Waals surface area contributed by atoms with E-state index in [-0.39, 0.29) is 11.7 Å². The van der Waals surface area contributed by atoms with Gasteiger partial charge in [0.2, 0.25) is 0 Å². The molecule has 0 saturated carbocycles. The second-order valence-electron chi connectivity index (χ2n) is 5.93. The Bertz CT molecular complexity index is 454. The van der Waals surface area contributed by atoms with Crippen molar-refractivity contribution in [1.82, 2.24) is 0 Å². The number of rotatable bonds is 5. The molecular weight excluding hydrogens is 256 g/mol. The van der Waals surface area contributed by atoms with Crippen LogP contribution >= 0.6 is 0 Å². The summed E-state index contributed by atoms with van der Waals surface area (Å²) >= 11 is 0. The van der Waals surface area contributed by atoms with Gasteiger partial charge in [0.15, 0.2) is 0 Å². The topological polar surface area (TPSA) is 47.9 Å². The Morgan fingerprint density at radius 1 is 1.45 bits per heavy atom. The van der Waals surface area contributed by atoms with Crippen molar-refractivity contribution in [3.63, 3.8) is 0 Å². The van der Waals surface area contributed by atoms with Crippen LogP contribution in [0.25, 0.3) is 0 Å². The lowest BCUT2D eigenvalue weighted by Crippen LogP contribution is -2.24. The fourth-order valence-electron chi connectivity index (χ4n) is 2.49. The van der Waals surface area contributed by atoms with Crippen molar-refractivity contribution in [3.05, 3.63) is 23.8 Å². The van der Waals surface area contributed by atoms with E-state index in [0.717, 1.165) is 24.2 Å². The number of hydrogen-bond acceptors (Lipinski definition) is 4. The summed E-state index contributed by atoms with van der Waals surface area (Å²) in [6.07, 6.45) is 1.58. The van der Waals surface area contributed by atoms with Gasteiger partial charge in [-0.15, -0.1) is 0 Å². The van der Waals surface area contributed by atoms with Gasteiger partial charge in [0.25, 0.3) is 0 Å². The van der Waals surface area contributed by atoms with E-state index in [1.54, 1.807) is 14.0 Å². The van der Waals surface area contributed by atoms with Crippen LogP contribution in [0, 0.1) is 0 Å². The van der Waals surface area contributed by atoms with E-state index < -0.39 is 6.10 Å². The normalized spacial score (nSPS) is 22.6. The quantitative estimate of drug-likeness (QED) is 0.900. The van der Waals surface area contributed by atoms with E-state index in [4.69, 9.17) is 14.2 Å². The van der Waals surface area contributed by atoms with Crippen LogP contribution in [0.15, 0.2) is 18.2 Å². The highest BCUT2D eigenvalue weighted by Crippen LogP contribution is 2.32. The minimum absolute atomic E-state index is 0.0600. The predicted octanol–water partition coefficient (Wildman–Crippen LogP) is 3.08. The Morgan fingerprint density at radius 3 is 2.75 bits per heavy atom. The highest BCUT2D eigenvalue weighted by Gasteiger charge is 2.32. The van der Waals surface area contributed by atoms with Gasteiger partial charge in [-0.1, -0.05) is 0 Å². The zero-order chi connectivity index (χ0) is 14.8. The molecule has 0 aromatic heterocycles. The Kier molecular flexibility index (Phi) is 4.55. The van der Waals surface area contributed by atoms with Crippen molar-refractivity contribution in [2.75, 3.05) is 13.7 Å². The molecule has 2 unspecified atom stereocenters. The molecule has 0 spiro atoms. The molecule has 1 heterocycles. The Morgan fingerprint density at radius 2 is 2.20 bits per heavy atom. The second kappa shape index (κ2) is 6.02. The van der Waals surface area contributed by atoms with Crippen LogP contribution < -0.4 is 9.47 Å². The number of hydrogen-bond donors (Lipinski definition) is 1. The third-order valence-electron chi connectivity index (χ3n) is 3.65. The summed E-state index contributed by atoms with van der Waals surface area (Å²) in [7, 11) is 1.61. The number of methoxy groups -OCH3 is 1. The molecule has 1 N–H and O–H groups in total. The molecule has 4 nitrogen and oxygen atoms in total. The molecule has 2 atom stereocenters. The molecule has 1 aliphatic rings. The van der Waals surface area contributed by atoms with Gasteiger partial charge < -0.3 is 19.3 Å². The minimum Gasteiger partial charge on any atom is -0.497 e. The van der Waals surface area contributed by atoms with Crippen molar-refractivity contribution in [1.29, 1.82) is 0 Å². The van der Waals surface area contributed by atoms with Crippen molar-refractivity contribution in [2.24, 2.45) is 0 Å². The smallest absolute Gasteiger partial charge is 0.128 e. The third-order valence-corrected chi connectivity index (χ3v) is 3.65. The molecule has 2 rings (SSSR count). The zero-order valence-electron chi connectivity index (χ0n) is 12.7. The molecule has 1 saturated heterocycles. The van der Waals surface area contributed by atoms with E-state index in [0.29, 0.717) is 12.4 Å². The maximum atomic E-state index is 9.79. The molecule has 20 heavy (non-hydrogen) atoms. The maximum absolute atomic E-state index is 9.79. The largest absolute Gasteiger partial charge is 0.497 e. The second-order valence-corrected chi connectivity index (χ2v) is 5.93. The van der Waals surface area contributed by atoms with Crippen molar-refractivity contribution >= 4 is 0 Å². The lowest BCUT2D eigenvalue weighted by Gasteiger charge is -2.20. The molecule has 0 amide bonds. The highest BCUT2D eigenvalue weighted by molar-refractivity contribution is 5.41. The lowest BCUT2D eigenvalue weighted by molar-refractivity contribution is -0.0330. The maximum Gasteiger partial charge on any atom is 0.128 e. The van der Waals surface area contributed by atoms with E-state index in [2.05, 4.69) is 13.8 Å². The monoisotopic (exact) mass is 280 g/mol. The fourth-order valence-corrected chi connectivity index (χ4v) is 2.49. The first-order chi connectivity index (χ1) is 9.41. The summed E-state index contributed by atoms with van der Waals surface area (Å²) in [4.78, 5) is 0. The van der Waals surface area contributed by atoms with Gasteiger partial charge in [-0.2, -0.15) is 0 Å². The van der Waals surface area contributed by atoms with Gasteiger partial charge in [-0.25, -0.2) is 0 Å². The van der Waals surface area contributed by atoms with Crippen LogP contribution in [-0.2, 0) is 4.74 Å². The molecule has 0 radical (unpaired) electrons. The zero-order valence-corrected chi connectivity index (χ0v) is 12.7. The summed E-state index contributed by atoms with van der Waals surface area (Å²) in [5.41, 5.74) is 0.707. The molecule has 4 heteroatoms. The fraction of sp³-hybridized carbons (Fsp3) is 0.625. The molecule has 1 aromatic carbocycles. The summed E-state index contributed by atoms with van der Waals surface area (Å²) in [5, 5.41) is 9.79. The first-order valence-electron chi connectivity index (χ1n) is 7.08. The van der Waals surface area contributed by atoms with E-state index >= 15 is 0 Å². The standard InChI is InChI=1S/C16H24O4/c1-11(17)14-6-5-12(18-4)9-15(14)19-10-13-7-8-16(2,3)20-13/h5-6,9,11,13,17H,7-8,10H2,1-4H3. The lowest BCUT2D eigenvalue weighted by atomic mass is 10.1. The number of aliphatic hydroxyl groups is 1. The molecule has 1 fully saturated rings. The van der Waals surface area contributed by atoms with Crippen LogP contribution in [-0.4, -0.2) is 30.5 Å². The molecule has 0 aliphatic carbocycles. The van der Waals surface area contributed by atoms with Gasteiger partial charge >= 0.3 is 0 Å². The summed E-state index contributed by atoms with van der Waals surface area (Å²) in [5.74, 6) is 1.38. The van der Waals surface area contributed by atoms with Crippen LogP contribution in [0.3, 0.4) is 0 Å². The number of aliphatic hydroxyl groups excluding tert-OH is 1. The van der Waals surface area contributed by atoms with Crippen molar-refractivity contribution in [3.8, 4) is 11.5 Å². The number of ether oxygens (including phenoxy) is 3. The Hall–Kier alpha value is -1.26. The summed E-state index contributed by atoms with van der Waals surface area (Å²) in [6.45, 7) is 6.42. The van der Waals surface area contributed by atoms with Gasteiger partial charge in [0, 0.05) is 11.6 Å². The van der Waals surface area contributed by atoms with E-state index in [9.17, 15) is 5.11 Å². The van der Waals surface area contributed by atoms with Crippen LogP contribution in [0.4, 0.5) is 0 Å². The van der Waals surface area contributed by atoms with Gasteiger partial charge in [0.05, 0.1) is 24.9 Å². The summed E-state index contributed by atoms with van der Waals surface area (Å²) < 4.78 is 17.0. The first kappa shape index (κ1) is 15.1. The van der Waals surface area contributed by atoms with Gasteiger partial charge in [-0.05, 0) is 45.7 Å². The molecule has 1 aliphatic heterocycles. The van der Waals surface area contributed by atoms with Crippen LogP contribution in [0.5, 0.6) is 11.5 Å². The van der Waals surface area contributed by atoms with Crippen molar-refractivity contribution < 1.29 is 19.3 Å². The first-order valence-corrected chi connectivity index (χ1v) is 7.08. The van der Waals surface area contributed by atoms with E-state index in [1.807, 2.05) is 18.2 Å². The molecular formula is C16H24O4. The van der Waals surface area contributed by atoms with Gasteiger partial charge in [-0.3, -0.25) is 0 Å². The number of benzene rings is 1. The summed E-state index contributed by atoms with van der Waals surface area (Å²) in [6, 6.07) is 5.46. The van der Waals surface area contributed by atoms with Crippen LogP contribution in [0.2, 0.25) is 0 Å². The van der Waals surface area contributed by atoms with Crippen LogP contribution in [0.1, 0.15) is 45.3 Å². The minimum atomic E-state index is -0.572.